The number of carbonyl (C=O) groups excluding carboxylic acids is 1. The Morgan fingerprint density at radius 2 is 1.85 bits per heavy atom. The molecule has 140 valence electrons. The maximum Gasteiger partial charge on any atom is 0.256 e. The van der Waals surface area contributed by atoms with Gasteiger partial charge in [0.25, 0.3) is 5.91 Å². The minimum atomic E-state index is -0.337. The van der Waals surface area contributed by atoms with Crippen LogP contribution in [0.15, 0.2) is 42.5 Å². The van der Waals surface area contributed by atoms with Crippen molar-refractivity contribution in [2.75, 3.05) is 38.2 Å². The van der Waals surface area contributed by atoms with E-state index in [-0.39, 0.29) is 11.7 Å². The number of benzene rings is 2. The first-order valence-electron chi connectivity index (χ1n) is 9.03. The van der Waals surface area contributed by atoms with Crippen LogP contribution in [0.1, 0.15) is 16.1 Å². The van der Waals surface area contributed by atoms with E-state index in [4.69, 9.17) is 4.74 Å². The highest BCUT2D eigenvalue weighted by Gasteiger charge is 2.26. The molecule has 1 N–H and O–H groups in total. The number of carbonyl (C=O) groups is 1. The molecule has 1 aliphatic heterocycles. The molecule has 3 aromatic rings. The Morgan fingerprint density at radius 3 is 2.59 bits per heavy atom. The lowest BCUT2D eigenvalue weighted by Gasteiger charge is -2.36. The van der Waals surface area contributed by atoms with Gasteiger partial charge in [0, 0.05) is 42.8 Å². The van der Waals surface area contributed by atoms with Crippen molar-refractivity contribution in [1.82, 2.24) is 9.88 Å². The number of methoxy groups -OCH3 is 1. The zero-order valence-corrected chi connectivity index (χ0v) is 15.5. The Kier molecular flexibility index (Phi) is 4.48. The van der Waals surface area contributed by atoms with Gasteiger partial charge in [-0.25, -0.2) is 4.39 Å². The van der Waals surface area contributed by atoms with Crippen molar-refractivity contribution in [2.24, 2.45) is 0 Å². The zero-order chi connectivity index (χ0) is 19.0. The number of H-pyrrole nitrogens is 1. The van der Waals surface area contributed by atoms with Gasteiger partial charge in [-0.2, -0.15) is 0 Å². The first kappa shape index (κ1) is 17.4. The molecule has 1 aliphatic rings. The highest BCUT2D eigenvalue weighted by Crippen LogP contribution is 2.29. The molecular formula is C21H22FN3O2. The van der Waals surface area contributed by atoms with Crippen molar-refractivity contribution in [2.45, 2.75) is 6.92 Å². The Hall–Kier alpha value is -3.02. The summed E-state index contributed by atoms with van der Waals surface area (Å²) in [5.74, 6) is 0.445. The quantitative estimate of drug-likeness (QED) is 0.770. The predicted octanol–water partition coefficient (Wildman–Crippen LogP) is 3.59. The van der Waals surface area contributed by atoms with Gasteiger partial charge in [-0.3, -0.25) is 4.79 Å². The second kappa shape index (κ2) is 6.95. The number of piperazine rings is 1. The summed E-state index contributed by atoms with van der Waals surface area (Å²) in [5.41, 5.74) is 3.16. The molecular weight excluding hydrogens is 345 g/mol. The fourth-order valence-corrected chi connectivity index (χ4v) is 3.77. The van der Waals surface area contributed by atoms with Crippen molar-refractivity contribution >= 4 is 22.5 Å². The van der Waals surface area contributed by atoms with Gasteiger partial charge in [-0.15, -0.1) is 0 Å². The topological polar surface area (TPSA) is 48.6 Å². The molecule has 4 rings (SSSR count). The first-order valence-corrected chi connectivity index (χ1v) is 9.03. The highest BCUT2D eigenvalue weighted by molar-refractivity contribution is 6.08. The van der Waals surface area contributed by atoms with Crippen LogP contribution in [0.25, 0.3) is 10.9 Å². The molecule has 0 aliphatic carbocycles. The van der Waals surface area contributed by atoms with Gasteiger partial charge in [0.2, 0.25) is 0 Å². The van der Waals surface area contributed by atoms with Crippen LogP contribution >= 0.6 is 0 Å². The molecule has 5 nitrogen and oxygen atoms in total. The summed E-state index contributed by atoms with van der Waals surface area (Å²) < 4.78 is 19.1. The van der Waals surface area contributed by atoms with Crippen LogP contribution in [0, 0.1) is 12.7 Å². The lowest BCUT2D eigenvalue weighted by Crippen LogP contribution is -2.49. The van der Waals surface area contributed by atoms with E-state index in [0.717, 1.165) is 35.7 Å². The normalized spacial score (nSPS) is 14.6. The molecule has 0 saturated carbocycles. The van der Waals surface area contributed by atoms with E-state index < -0.39 is 0 Å². The van der Waals surface area contributed by atoms with E-state index in [1.165, 1.54) is 12.1 Å². The summed E-state index contributed by atoms with van der Waals surface area (Å²) in [6.07, 6.45) is 0. The molecule has 1 saturated heterocycles. The Labute approximate surface area is 157 Å². The van der Waals surface area contributed by atoms with Gasteiger partial charge in [0.15, 0.2) is 0 Å². The molecule has 0 spiro atoms. The molecule has 0 radical (unpaired) electrons. The van der Waals surface area contributed by atoms with Gasteiger partial charge in [-0.05, 0) is 37.3 Å². The first-order chi connectivity index (χ1) is 13.1. The van der Waals surface area contributed by atoms with Gasteiger partial charge in [0.1, 0.15) is 11.6 Å². The van der Waals surface area contributed by atoms with Gasteiger partial charge >= 0.3 is 0 Å². The van der Waals surface area contributed by atoms with Crippen LogP contribution in [-0.2, 0) is 0 Å². The average Bonchev–Trinajstić information content (AvgIpc) is 3.02. The number of para-hydroxylation sites is 2. The molecule has 2 aromatic carbocycles. The van der Waals surface area contributed by atoms with Crippen LogP contribution < -0.4 is 9.64 Å². The number of aryl methyl sites for hydroxylation is 1. The minimum absolute atomic E-state index is 0.0518. The lowest BCUT2D eigenvalue weighted by atomic mass is 10.1. The summed E-state index contributed by atoms with van der Waals surface area (Å²) in [5, 5.41) is 0.643. The summed E-state index contributed by atoms with van der Waals surface area (Å²) in [4.78, 5) is 20.4. The number of aromatic nitrogens is 1. The molecule has 0 atom stereocenters. The molecule has 27 heavy (non-hydrogen) atoms. The summed E-state index contributed by atoms with van der Waals surface area (Å²) in [7, 11) is 1.66. The van der Waals surface area contributed by atoms with Crippen molar-refractivity contribution in [3.05, 3.63) is 59.5 Å². The number of aromatic amines is 1. The smallest absolute Gasteiger partial charge is 0.256 e. The van der Waals surface area contributed by atoms with Crippen LogP contribution in [0.3, 0.4) is 0 Å². The monoisotopic (exact) mass is 367 g/mol. The van der Waals surface area contributed by atoms with Crippen molar-refractivity contribution in [1.29, 1.82) is 0 Å². The van der Waals surface area contributed by atoms with E-state index in [9.17, 15) is 9.18 Å². The number of fused-ring (bicyclic) bond motifs is 1. The third-order valence-electron chi connectivity index (χ3n) is 5.15. The van der Waals surface area contributed by atoms with E-state index in [1.54, 1.807) is 13.2 Å². The number of rotatable bonds is 3. The van der Waals surface area contributed by atoms with Gasteiger partial charge < -0.3 is 19.5 Å². The largest absolute Gasteiger partial charge is 0.495 e. The summed E-state index contributed by atoms with van der Waals surface area (Å²) in [6.45, 7) is 4.52. The van der Waals surface area contributed by atoms with Gasteiger partial charge in [0.05, 0.1) is 18.4 Å². The van der Waals surface area contributed by atoms with Crippen molar-refractivity contribution in [3.8, 4) is 5.75 Å². The molecule has 1 aromatic heterocycles. The lowest BCUT2D eigenvalue weighted by molar-refractivity contribution is 0.0748. The molecule has 6 heteroatoms. The second-order valence-electron chi connectivity index (χ2n) is 6.77. The number of hydrogen-bond donors (Lipinski definition) is 1. The Balaban J connectivity index is 1.54. The van der Waals surface area contributed by atoms with E-state index >= 15 is 0 Å². The maximum atomic E-state index is 13.7. The van der Waals surface area contributed by atoms with E-state index in [2.05, 4.69) is 9.88 Å². The van der Waals surface area contributed by atoms with Crippen molar-refractivity contribution in [3.63, 3.8) is 0 Å². The number of amides is 1. The number of halogens is 1. The third kappa shape index (κ3) is 3.12. The van der Waals surface area contributed by atoms with Gasteiger partial charge in [-0.1, -0.05) is 12.1 Å². The summed E-state index contributed by atoms with van der Waals surface area (Å²) >= 11 is 0. The maximum absolute atomic E-state index is 13.7. The number of hydrogen-bond acceptors (Lipinski definition) is 3. The SMILES string of the molecule is COc1ccccc1N1CCN(C(=O)c2c(C)[nH]c3ccc(F)cc23)CC1. The predicted molar refractivity (Wildman–Crippen MR) is 104 cm³/mol. The number of nitrogens with zero attached hydrogens (tertiary/aromatic N) is 2. The molecule has 0 bridgehead atoms. The minimum Gasteiger partial charge on any atom is -0.495 e. The number of anilines is 1. The molecule has 2 heterocycles. The molecule has 0 unspecified atom stereocenters. The third-order valence-corrected chi connectivity index (χ3v) is 5.15. The van der Waals surface area contributed by atoms with Crippen LogP contribution in [0.2, 0.25) is 0 Å². The van der Waals surface area contributed by atoms with E-state index in [1.807, 2.05) is 36.1 Å². The highest BCUT2D eigenvalue weighted by atomic mass is 19.1. The number of ether oxygens (including phenoxy) is 1. The molecule has 1 fully saturated rings. The fourth-order valence-electron chi connectivity index (χ4n) is 3.77. The molecule has 1 amide bonds. The Bertz CT molecular complexity index is 990. The fraction of sp³-hybridized carbons (Fsp3) is 0.286. The zero-order valence-electron chi connectivity index (χ0n) is 15.5. The second-order valence-corrected chi connectivity index (χ2v) is 6.77. The van der Waals surface area contributed by atoms with Crippen molar-refractivity contribution < 1.29 is 13.9 Å². The standard InChI is InChI=1S/C21H22FN3O2/c1-14-20(16-13-15(22)7-8-17(16)23-14)21(26)25-11-9-24(10-12-25)18-5-3-4-6-19(18)27-2/h3-8,13,23H,9-12H2,1-2H3. The van der Waals surface area contributed by atoms with Crippen LogP contribution in [-0.4, -0.2) is 49.1 Å². The average molecular weight is 367 g/mol. The van der Waals surface area contributed by atoms with E-state index in [0.29, 0.717) is 24.0 Å². The number of nitrogens with one attached hydrogen (secondary N) is 1. The summed E-state index contributed by atoms with van der Waals surface area (Å²) in [6, 6.07) is 12.4. The van der Waals surface area contributed by atoms with Crippen LogP contribution in [0.5, 0.6) is 5.75 Å². The Morgan fingerprint density at radius 1 is 1.11 bits per heavy atom. The van der Waals surface area contributed by atoms with Crippen LogP contribution in [0.4, 0.5) is 10.1 Å².